The van der Waals surface area contributed by atoms with Crippen molar-refractivity contribution in [3.05, 3.63) is 46.4 Å². The molecule has 0 aliphatic carbocycles. The van der Waals surface area contributed by atoms with E-state index in [1.165, 1.54) is 4.52 Å². The number of benzene rings is 1. The molecule has 0 radical (unpaired) electrons. The highest BCUT2D eigenvalue weighted by Gasteiger charge is 2.08. The molecule has 0 unspecified atom stereocenters. The molecule has 2 aromatic heterocycles. The van der Waals surface area contributed by atoms with E-state index in [1.807, 2.05) is 30.3 Å². The number of rotatable bonds is 2. The van der Waals surface area contributed by atoms with Gasteiger partial charge in [0.15, 0.2) is 0 Å². The Morgan fingerprint density at radius 1 is 1.22 bits per heavy atom. The third-order valence-corrected chi connectivity index (χ3v) is 2.47. The highest BCUT2D eigenvalue weighted by molar-refractivity contribution is 5.54. The lowest BCUT2D eigenvalue weighted by molar-refractivity contribution is 0.854. The van der Waals surface area contributed by atoms with E-state index < -0.39 is 0 Å². The van der Waals surface area contributed by atoms with Crippen LogP contribution in [0, 0.1) is 6.92 Å². The predicted octanol–water partition coefficient (Wildman–Crippen LogP) is 0.865. The standard InChI is InChI=1S/C11H10N6O/c1-7-9(18)13-11-15-14-10(17(11)16-7)12-8-5-3-2-4-6-8/h2-6H,1H3,(H,12,14)(H,13,15,18). The van der Waals surface area contributed by atoms with Crippen LogP contribution in [0.3, 0.4) is 0 Å². The zero-order chi connectivity index (χ0) is 12.5. The molecule has 0 saturated carbocycles. The summed E-state index contributed by atoms with van der Waals surface area (Å²) in [4.78, 5) is 14.0. The van der Waals surface area contributed by atoms with E-state index >= 15 is 0 Å². The fourth-order valence-electron chi connectivity index (χ4n) is 1.57. The van der Waals surface area contributed by atoms with Crippen molar-refractivity contribution in [2.45, 2.75) is 6.92 Å². The van der Waals surface area contributed by atoms with Gasteiger partial charge in [-0.15, -0.1) is 10.2 Å². The van der Waals surface area contributed by atoms with Gasteiger partial charge < -0.3 is 5.32 Å². The molecule has 7 heteroatoms. The smallest absolute Gasteiger partial charge is 0.273 e. The molecular formula is C11H10N6O. The van der Waals surface area contributed by atoms with E-state index in [0.717, 1.165) is 5.69 Å². The molecule has 0 aliphatic heterocycles. The molecule has 0 aliphatic rings. The fraction of sp³-hybridized carbons (Fsp3) is 0.0909. The van der Waals surface area contributed by atoms with Crippen molar-refractivity contribution in [1.82, 2.24) is 24.8 Å². The van der Waals surface area contributed by atoms with E-state index in [2.05, 4.69) is 25.6 Å². The maximum absolute atomic E-state index is 11.4. The first kappa shape index (κ1) is 10.5. The number of H-pyrrole nitrogens is 1. The molecule has 2 heterocycles. The summed E-state index contributed by atoms with van der Waals surface area (Å²) >= 11 is 0. The van der Waals surface area contributed by atoms with E-state index in [1.54, 1.807) is 6.92 Å². The summed E-state index contributed by atoms with van der Waals surface area (Å²) in [6, 6.07) is 9.55. The Morgan fingerprint density at radius 3 is 2.78 bits per heavy atom. The molecule has 0 spiro atoms. The number of para-hydroxylation sites is 1. The number of aromatic nitrogens is 5. The van der Waals surface area contributed by atoms with Gasteiger partial charge in [0, 0.05) is 5.69 Å². The van der Waals surface area contributed by atoms with Gasteiger partial charge in [0.2, 0.25) is 0 Å². The number of anilines is 2. The normalized spacial score (nSPS) is 10.7. The minimum Gasteiger partial charge on any atom is -0.323 e. The summed E-state index contributed by atoms with van der Waals surface area (Å²) in [6.45, 7) is 1.63. The molecule has 0 fully saturated rings. The van der Waals surface area contributed by atoms with Crippen LogP contribution in [0.5, 0.6) is 0 Å². The average molecular weight is 242 g/mol. The summed E-state index contributed by atoms with van der Waals surface area (Å²) in [5.74, 6) is 0.764. The van der Waals surface area contributed by atoms with Crippen LogP contribution in [0.1, 0.15) is 5.69 Å². The molecule has 0 bridgehead atoms. The predicted molar refractivity (Wildman–Crippen MR) is 65.9 cm³/mol. The molecule has 2 N–H and O–H groups in total. The van der Waals surface area contributed by atoms with Gasteiger partial charge in [0.25, 0.3) is 17.3 Å². The highest BCUT2D eigenvalue weighted by Crippen LogP contribution is 2.12. The summed E-state index contributed by atoms with van der Waals surface area (Å²) in [5, 5.41) is 15.0. The molecular weight excluding hydrogens is 232 g/mol. The van der Waals surface area contributed by atoms with Crippen molar-refractivity contribution in [1.29, 1.82) is 0 Å². The Kier molecular flexibility index (Phi) is 2.30. The van der Waals surface area contributed by atoms with Gasteiger partial charge in [-0.1, -0.05) is 18.2 Å². The maximum Gasteiger partial charge on any atom is 0.273 e. The van der Waals surface area contributed by atoms with Gasteiger partial charge in [-0.3, -0.25) is 9.78 Å². The minimum atomic E-state index is -0.263. The Balaban J connectivity index is 2.08. The van der Waals surface area contributed by atoms with E-state index in [4.69, 9.17) is 0 Å². The highest BCUT2D eigenvalue weighted by atomic mass is 16.1. The van der Waals surface area contributed by atoms with Gasteiger partial charge in [-0.25, -0.2) is 0 Å². The Bertz CT molecular complexity index is 745. The van der Waals surface area contributed by atoms with Crippen molar-refractivity contribution in [3.63, 3.8) is 0 Å². The van der Waals surface area contributed by atoms with Gasteiger partial charge in [0.05, 0.1) is 0 Å². The van der Waals surface area contributed by atoms with Crippen LogP contribution in [-0.2, 0) is 0 Å². The first-order valence-electron chi connectivity index (χ1n) is 5.38. The topological polar surface area (TPSA) is 88.0 Å². The zero-order valence-corrected chi connectivity index (χ0v) is 9.58. The first-order valence-corrected chi connectivity index (χ1v) is 5.38. The molecule has 90 valence electrons. The van der Waals surface area contributed by atoms with Crippen LogP contribution in [-0.4, -0.2) is 24.8 Å². The Labute approximate surface area is 101 Å². The minimum absolute atomic E-state index is 0.263. The van der Waals surface area contributed by atoms with E-state index in [-0.39, 0.29) is 5.56 Å². The SMILES string of the molecule is Cc1nn2c(Nc3ccccc3)nnc2[nH]c1=O. The molecule has 0 amide bonds. The van der Waals surface area contributed by atoms with E-state index in [9.17, 15) is 4.79 Å². The molecule has 3 rings (SSSR count). The first-order chi connectivity index (χ1) is 8.74. The number of aromatic amines is 1. The lowest BCUT2D eigenvalue weighted by Gasteiger charge is -2.02. The number of hydrogen-bond donors (Lipinski definition) is 2. The summed E-state index contributed by atoms with van der Waals surface area (Å²) in [6.07, 6.45) is 0. The average Bonchev–Trinajstić information content (AvgIpc) is 2.74. The second-order valence-electron chi connectivity index (χ2n) is 3.79. The number of aryl methyl sites for hydroxylation is 1. The quantitative estimate of drug-likeness (QED) is 0.696. The van der Waals surface area contributed by atoms with Crippen LogP contribution in [0.15, 0.2) is 35.1 Å². The summed E-state index contributed by atoms with van der Waals surface area (Å²) in [7, 11) is 0. The summed E-state index contributed by atoms with van der Waals surface area (Å²) < 4.78 is 1.46. The number of hydrogen-bond acceptors (Lipinski definition) is 5. The van der Waals surface area contributed by atoms with Crippen molar-refractivity contribution in [3.8, 4) is 0 Å². The Hall–Kier alpha value is -2.70. The monoisotopic (exact) mass is 242 g/mol. The van der Waals surface area contributed by atoms with Crippen LogP contribution < -0.4 is 10.9 Å². The lowest BCUT2D eigenvalue weighted by atomic mass is 10.3. The van der Waals surface area contributed by atoms with Gasteiger partial charge in [-0.05, 0) is 19.1 Å². The molecule has 18 heavy (non-hydrogen) atoms. The van der Waals surface area contributed by atoms with Crippen LogP contribution in [0.2, 0.25) is 0 Å². The Morgan fingerprint density at radius 2 is 2.00 bits per heavy atom. The molecule has 3 aromatic rings. The van der Waals surface area contributed by atoms with Crippen LogP contribution >= 0.6 is 0 Å². The van der Waals surface area contributed by atoms with Crippen molar-refractivity contribution < 1.29 is 0 Å². The number of nitrogens with zero attached hydrogens (tertiary/aromatic N) is 4. The van der Waals surface area contributed by atoms with Crippen molar-refractivity contribution in [2.24, 2.45) is 0 Å². The fourth-order valence-corrected chi connectivity index (χ4v) is 1.57. The second-order valence-corrected chi connectivity index (χ2v) is 3.79. The molecule has 7 nitrogen and oxygen atoms in total. The lowest BCUT2D eigenvalue weighted by Crippen LogP contribution is -2.15. The second kappa shape index (κ2) is 3.95. The zero-order valence-electron chi connectivity index (χ0n) is 9.58. The van der Waals surface area contributed by atoms with Crippen LogP contribution in [0.25, 0.3) is 5.78 Å². The molecule has 0 saturated heterocycles. The number of nitrogens with one attached hydrogen (secondary N) is 2. The van der Waals surface area contributed by atoms with Crippen molar-refractivity contribution in [2.75, 3.05) is 5.32 Å². The van der Waals surface area contributed by atoms with E-state index in [0.29, 0.717) is 17.4 Å². The summed E-state index contributed by atoms with van der Waals surface area (Å²) in [5.41, 5.74) is 0.969. The van der Waals surface area contributed by atoms with Crippen LogP contribution in [0.4, 0.5) is 11.6 Å². The molecule has 0 atom stereocenters. The maximum atomic E-state index is 11.4. The van der Waals surface area contributed by atoms with Gasteiger partial charge in [0.1, 0.15) is 5.69 Å². The third kappa shape index (κ3) is 1.71. The van der Waals surface area contributed by atoms with Crippen molar-refractivity contribution >= 4 is 17.4 Å². The molecule has 1 aromatic carbocycles. The van der Waals surface area contributed by atoms with Gasteiger partial charge >= 0.3 is 0 Å². The largest absolute Gasteiger partial charge is 0.323 e. The number of fused-ring (bicyclic) bond motifs is 1. The third-order valence-electron chi connectivity index (χ3n) is 2.47. The van der Waals surface area contributed by atoms with Gasteiger partial charge in [-0.2, -0.15) is 9.61 Å².